The molecule has 1 aromatic carbocycles. The van der Waals surface area contributed by atoms with Crippen molar-refractivity contribution in [3.8, 4) is 0 Å². The van der Waals surface area contributed by atoms with Crippen LogP contribution < -0.4 is 11.0 Å². The van der Waals surface area contributed by atoms with Gasteiger partial charge in [-0.05, 0) is 48.9 Å². The van der Waals surface area contributed by atoms with Crippen molar-refractivity contribution in [2.24, 2.45) is 5.41 Å². The summed E-state index contributed by atoms with van der Waals surface area (Å²) in [5, 5.41) is 3.70. The molecule has 1 heterocycles. The number of H-pyrrole nitrogens is 2. The van der Waals surface area contributed by atoms with Gasteiger partial charge in [-0.1, -0.05) is 32.8 Å². The Morgan fingerprint density at radius 3 is 2.57 bits per heavy atom. The molecule has 3 N–H and O–H groups in total. The lowest BCUT2D eigenvalue weighted by atomic mass is 9.73. The average Bonchev–Trinajstić information content (AvgIpc) is 3.10. The molecule has 1 fully saturated rings. The predicted molar refractivity (Wildman–Crippen MR) is 86.5 cm³/mol. The van der Waals surface area contributed by atoms with Gasteiger partial charge in [-0.25, -0.2) is 4.79 Å². The van der Waals surface area contributed by atoms with Crippen LogP contribution in [0.2, 0.25) is 0 Å². The highest BCUT2D eigenvalue weighted by Gasteiger charge is 2.40. The number of imidazole rings is 1. The third-order valence-corrected chi connectivity index (χ3v) is 5.20. The number of rotatable bonds is 5. The monoisotopic (exact) mass is 287 g/mol. The molecule has 21 heavy (non-hydrogen) atoms. The predicted octanol–water partition coefficient (Wildman–Crippen LogP) is 3.48. The van der Waals surface area contributed by atoms with Gasteiger partial charge in [-0.2, -0.15) is 0 Å². The maximum atomic E-state index is 11.4. The van der Waals surface area contributed by atoms with Gasteiger partial charge in [0.15, 0.2) is 0 Å². The fourth-order valence-electron chi connectivity index (χ4n) is 4.05. The Labute approximate surface area is 125 Å². The molecule has 1 unspecified atom stereocenters. The number of aromatic amines is 2. The maximum Gasteiger partial charge on any atom is 0.323 e. The summed E-state index contributed by atoms with van der Waals surface area (Å²) in [6.45, 7) is 5.45. The second-order valence-corrected chi connectivity index (χ2v) is 6.30. The minimum absolute atomic E-state index is 0.131. The topological polar surface area (TPSA) is 60.7 Å². The minimum Gasteiger partial charge on any atom is -0.310 e. The summed E-state index contributed by atoms with van der Waals surface area (Å²) in [4.78, 5) is 17.1. The average molecular weight is 287 g/mol. The Kier molecular flexibility index (Phi) is 3.89. The van der Waals surface area contributed by atoms with E-state index in [0.29, 0.717) is 11.5 Å². The molecule has 3 rings (SSSR count). The van der Waals surface area contributed by atoms with Crippen molar-refractivity contribution in [2.75, 3.05) is 6.54 Å². The summed E-state index contributed by atoms with van der Waals surface area (Å²) in [5.41, 5.74) is 3.32. The number of aromatic nitrogens is 2. The first-order valence-electron chi connectivity index (χ1n) is 8.14. The van der Waals surface area contributed by atoms with Crippen molar-refractivity contribution in [3.05, 3.63) is 34.2 Å². The van der Waals surface area contributed by atoms with Crippen molar-refractivity contribution in [1.29, 1.82) is 0 Å². The van der Waals surface area contributed by atoms with Gasteiger partial charge >= 0.3 is 5.69 Å². The highest BCUT2D eigenvalue weighted by atomic mass is 16.1. The van der Waals surface area contributed by atoms with Crippen LogP contribution in [0.15, 0.2) is 23.0 Å². The summed E-state index contributed by atoms with van der Waals surface area (Å²) in [5.74, 6) is 0. The minimum atomic E-state index is -0.131. The molecule has 1 aliphatic rings. The molecule has 1 saturated carbocycles. The quantitative estimate of drug-likeness (QED) is 0.788. The molecule has 0 radical (unpaired) electrons. The molecule has 0 aliphatic heterocycles. The smallest absolute Gasteiger partial charge is 0.310 e. The van der Waals surface area contributed by atoms with Gasteiger partial charge in [0.25, 0.3) is 0 Å². The van der Waals surface area contributed by atoms with Gasteiger partial charge in [-0.3, -0.25) is 0 Å². The zero-order valence-corrected chi connectivity index (χ0v) is 13.0. The van der Waals surface area contributed by atoms with E-state index in [2.05, 4.69) is 41.3 Å². The standard InChI is InChI=1S/C17H25N3O/c1-3-17(9-5-6-10-17)15(18-4-2)12-7-8-13-14(11-12)20-16(21)19-13/h7-8,11,15,18H,3-6,9-10H2,1-2H3,(H2,19,20,21). The van der Waals surface area contributed by atoms with E-state index in [1.807, 2.05) is 6.07 Å². The summed E-state index contributed by atoms with van der Waals surface area (Å²) < 4.78 is 0. The third kappa shape index (κ3) is 2.53. The second-order valence-electron chi connectivity index (χ2n) is 6.30. The lowest BCUT2D eigenvalue weighted by Gasteiger charge is -2.38. The van der Waals surface area contributed by atoms with E-state index in [4.69, 9.17) is 0 Å². The van der Waals surface area contributed by atoms with E-state index in [-0.39, 0.29) is 5.69 Å². The van der Waals surface area contributed by atoms with E-state index < -0.39 is 0 Å². The molecule has 1 aliphatic carbocycles. The molecule has 4 nitrogen and oxygen atoms in total. The van der Waals surface area contributed by atoms with Gasteiger partial charge in [-0.15, -0.1) is 0 Å². The highest BCUT2D eigenvalue weighted by Crippen LogP contribution is 2.50. The SMILES string of the molecule is CCNC(c1ccc2[nH]c(=O)[nH]c2c1)C1(CC)CCCC1. The van der Waals surface area contributed by atoms with E-state index in [9.17, 15) is 4.79 Å². The van der Waals surface area contributed by atoms with Crippen LogP contribution in [-0.2, 0) is 0 Å². The summed E-state index contributed by atoms with van der Waals surface area (Å²) >= 11 is 0. The molecule has 1 atom stereocenters. The first-order chi connectivity index (χ1) is 10.2. The van der Waals surface area contributed by atoms with Crippen LogP contribution >= 0.6 is 0 Å². The van der Waals surface area contributed by atoms with Crippen LogP contribution in [0.3, 0.4) is 0 Å². The molecular formula is C17H25N3O. The fourth-order valence-corrected chi connectivity index (χ4v) is 4.05. The summed E-state index contributed by atoms with van der Waals surface area (Å²) in [7, 11) is 0. The van der Waals surface area contributed by atoms with Crippen LogP contribution in [-0.4, -0.2) is 16.5 Å². The van der Waals surface area contributed by atoms with Crippen molar-refractivity contribution in [2.45, 2.75) is 52.0 Å². The summed E-state index contributed by atoms with van der Waals surface area (Å²) in [6, 6.07) is 6.69. The van der Waals surface area contributed by atoms with Crippen LogP contribution in [0.4, 0.5) is 0 Å². The van der Waals surface area contributed by atoms with Gasteiger partial charge in [0.1, 0.15) is 0 Å². The zero-order chi connectivity index (χ0) is 14.9. The van der Waals surface area contributed by atoms with Crippen LogP contribution in [0.25, 0.3) is 11.0 Å². The molecular weight excluding hydrogens is 262 g/mol. The van der Waals surface area contributed by atoms with Crippen molar-refractivity contribution in [3.63, 3.8) is 0 Å². The van der Waals surface area contributed by atoms with Crippen LogP contribution in [0.1, 0.15) is 57.6 Å². The zero-order valence-electron chi connectivity index (χ0n) is 13.0. The van der Waals surface area contributed by atoms with Crippen molar-refractivity contribution < 1.29 is 0 Å². The Morgan fingerprint density at radius 1 is 1.19 bits per heavy atom. The van der Waals surface area contributed by atoms with Crippen molar-refractivity contribution in [1.82, 2.24) is 15.3 Å². The number of nitrogens with one attached hydrogen (secondary N) is 3. The molecule has 0 spiro atoms. The van der Waals surface area contributed by atoms with E-state index >= 15 is 0 Å². The lowest BCUT2D eigenvalue weighted by Crippen LogP contribution is -2.36. The number of hydrogen-bond donors (Lipinski definition) is 3. The van der Waals surface area contributed by atoms with Crippen LogP contribution in [0, 0.1) is 5.41 Å². The van der Waals surface area contributed by atoms with E-state index in [1.165, 1.54) is 37.7 Å². The number of hydrogen-bond acceptors (Lipinski definition) is 2. The third-order valence-electron chi connectivity index (χ3n) is 5.20. The molecule has 4 heteroatoms. The Morgan fingerprint density at radius 2 is 1.90 bits per heavy atom. The second kappa shape index (κ2) is 5.68. The number of fused-ring (bicyclic) bond motifs is 1. The first kappa shape index (κ1) is 14.4. The molecule has 0 saturated heterocycles. The molecule has 1 aromatic heterocycles. The van der Waals surface area contributed by atoms with Gasteiger partial charge < -0.3 is 15.3 Å². The first-order valence-corrected chi connectivity index (χ1v) is 8.14. The molecule has 0 bridgehead atoms. The van der Waals surface area contributed by atoms with E-state index in [0.717, 1.165) is 17.6 Å². The Balaban J connectivity index is 2.03. The maximum absolute atomic E-state index is 11.4. The van der Waals surface area contributed by atoms with Crippen LogP contribution in [0.5, 0.6) is 0 Å². The van der Waals surface area contributed by atoms with Gasteiger partial charge in [0.05, 0.1) is 11.0 Å². The number of benzene rings is 1. The van der Waals surface area contributed by atoms with Gasteiger partial charge in [0.2, 0.25) is 0 Å². The summed E-state index contributed by atoms with van der Waals surface area (Å²) in [6.07, 6.45) is 6.45. The molecule has 2 aromatic rings. The Bertz CT molecular complexity index is 664. The van der Waals surface area contributed by atoms with Gasteiger partial charge in [0, 0.05) is 6.04 Å². The normalized spacial score (nSPS) is 19.1. The highest BCUT2D eigenvalue weighted by molar-refractivity contribution is 5.75. The lowest BCUT2D eigenvalue weighted by molar-refractivity contribution is 0.189. The molecule has 0 amide bonds. The Hall–Kier alpha value is -1.55. The fraction of sp³-hybridized carbons (Fsp3) is 0.588. The molecule has 114 valence electrons. The largest absolute Gasteiger partial charge is 0.323 e. The van der Waals surface area contributed by atoms with Crippen molar-refractivity contribution >= 4 is 11.0 Å². The van der Waals surface area contributed by atoms with E-state index in [1.54, 1.807) is 0 Å².